The van der Waals surface area contributed by atoms with E-state index >= 15 is 0 Å². The maximum Gasteiger partial charge on any atom is 0.416 e. The van der Waals surface area contributed by atoms with Gasteiger partial charge in [-0.1, -0.05) is 18.1 Å². The van der Waals surface area contributed by atoms with E-state index in [1.807, 2.05) is 11.8 Å². The van der Waals surface area contributed by atoms with E-state index in [9.17, 15) is 44.6 Å². The number of halogens is 9. The lowest BCUT2D eigenvalue weighted by Gasteiger charge is -2.42. The predicted molar refractivity (Wildman–Crippen MR) is 141 cm³/mol. The van der Waals surface area contributed by atoms with E-state index in [0.717, 1.165) is 16.9 Å². The van der Waals surface area contributed by atoms with Gasteiger partial charge in [0.2, 0.25) is 0 Å². The zero-order valence-electron chi connectivity index (χ0n) is 24.0. The van der Waals surface area contributed by atoms with Crippen molar-refractivity contribution in [2.24, 2.45) is 7.05 Å². The minimum atomic E-state index is -5.09. The molecule has 1 aliphatic rings. The molecule has 1 saturated heterocycles. The Bertz CT molecular complexity index is 1420. The zero-order valence-corrected chi connectivity index (χ0v) is 24.0. The molecule has 1 fully saturated rings. The van der Waals surface area contributed by atoms with Crippen LogP contribution in [0.1, 0.15) is 72.5 Å². The summed E-state index contributed by atoms with van der Waals surface area (Å²) in [4.78, 5) is 4.15. The molecule has 1 aromatic heterocycles. The van der Waals surface area contributed by atoms with E-state index in [2.05, 4.69) is 15.4 Å². The second-order valence-corrected chi connectivity index (χ2v) is 11.3. The number of piperidine rings is 1. The Kier molecular flexibility index (Phi) is 9.27. The summed E-state index contributed by atoms with van der Waals surface area (Å²) < 4.78 is 123. The molecule has 1 N–H and O–H groups in total. The number of aryl methyl sites for hydroxylation is 1. The van der Waals surface area contributed by atoms with Gasteiger partial charge in [0.15, 0.2) is 0 Å². The molecule has 4 rings (SSSR count). The van der Waals surface area contributed by atoms with E-state index in [1.165, 1.54) is 18.0 Å². The molecule has 0 bridgehead atoms. The fourth-order valence-corrected chi connectivity index (χ4v) is 5.58. The van der Waals surface area contributed by atoms with Gasteiger partial charge in [-0.3, -0.25) is 4.90 Å². The monoisotopic (exact) mass is 638 g/mol. The molecule has 2 unspecified atom stereocenters. The molecule has 0 saturated carbocycles. The third-order valence-electron chi connectivity index (χ3n) is 7.52. The SMILES string of the molecule is CCC(c1ccc(C(F)(F)F)cc1CN(Cc1cc(C(F)(F)F)cc(C(F)(F)F)c1)c1nnn(C)n1)N1CCCC(C)(O)C1. The Balaban J connectivity index is 1.82. The average molecular weight is 639 g/mol. The number of nitrogens with zero attached hydrogens (tertiary/aromatic N) is 6. The van der Waals surface area contributed by atoms with Crippen LogP contribution in [0.2, 0.25) is 0 Å². The number of benzene rings is 2. The highest BCUT2D eigenvalue weighted by atomic mass is 19.4. The van der Waals surface area contributed by atoms with Gasteiger partial charge >= 0.3 is 18.5 Å². The predicted octanol–water partition coefficient (Wildman–Crippen LogP) is 6.77. The number of rotatable bonds is 8. The Morgan fingerprint density at radius 3 is 2.02 bits per heavy atom. The van der Waals surface area contributed by atoms with Gasteiger partial charge in [-0.05, 0) is 85.0 Å². The first-order valence-corrected chi connectivity index (χ1v) is 13.7. The van der Waals surface area contributed by atoms with Crippen molar-refractivity contribution >= 4 is 5.95 Å². The second kappa shape index (κ2) is 12.2. The number of alkyl halides is 9. The third-order valence-corrected chi connectivity index (χ3v) is 7.52. The standard InChI is InChI=1S/C28H31F9N6O/c1-4-23(42-9-5-8-25(2,44)16-42)22-7-6-19(26(29,30)31)12-18(22)15-43(24-38-40-41(3)39-24)14-17-10-20(27(32,33)34)13-21(11-17)28(35,36)37/h6-7,10-13,23,44H,4-5,8-9,14-16H2,1-3H3. The molecule has 3 aromatic rings. The highest BCUT2D eigenvalue weighted by molar-refractivity contribution is 5.42. The molecular formula is C28H31F9N6O. The lowest BCUT2D eigenvalue weighted by Crippen LogP contribution is -2.47. The number of likely N-dealkylation sites (tertiary alicyclic amines) is 1. The van der Waals surface area contributed by atoms with Gasteiger partial charge in [0, 0.05) is 25.7 Å². The summed E-state index contributed by atoms with van der Waals surface area (Å²) in [5.41, 5.74) is -4.89. The number of aliphatic hydroxyl groups is 1. The van der Waals surface area contributed by atoms with Crippen LogP contribution < -0.4 is 4.90 Å². The van der Waals surface area contributed by atoms with Crippen molar-refractivity contribution in [3.63, 3.8) is 0 Å². The van der Waals surface area contributed by atoms with Crippen LogP contribution in [0.15, 0.2) is 36.4 Å². The van der Waals surface area contributed by atoms with Crippen molar-refractivity contribution in [1.29, 1.82) is 0 Å². The molecule has 1 aliphatic heterocycles. The summed E-state index contributed by atoms with van der Waals surface area (Å²) in [6, 6.07) is 3.82. The van der Waals surface area contributed by atoms with Crippen molar-refractivity contribution in [2.75, 3.05) is 18.0 Å². The number of aromatic nitrogens is 4. The highest BCUT2D eigenvalue weighted by Crippen LogP contribution is 2.39. The fraction of sp³-hybridized carbons (Fsp3) is 0.536. The van der Waals surface area contributed by atoms with Crippen LogP contribution in [0.25, 0.3) is 0 Å². The highest BCUT2D eigenvalue weighted by Gasteiger charge is 2.38. The summed E-state index contributed by atoms with van der Waals surface area (Å²) in [7, 11) is 1.38. The molecule has 0 aliphatic carbocycles. The summed E-state index contributed by atoms with van der Waals surface area (Å²) in [5.74, 6) is -0.212. The minimum Gasteiger partial charge on any atom is -0.389 e. The molecule has 0 radical (unpaired) electrons. The van der Waals surface area contributed by atoms with Gasteiger partial charge in [0.1, 0.15) is 0 Å². The number of hydrogen-bond acceptors (Lipinski definition) is 6. The zero-order chi connectivity index (χ0) is 32.7. The number of anilines is 1. The molecule has 2 atom stereocenters. The third kappa shape index (κ3) is 8.00. The molecule has 7 nitrogen and oxygen atoms in total. The smallest absolute Gasteiger partial charge is 0.389 e. The van der Waals surface area contributed by atoms with Crippen molar-refractivity contribution in [3.05, 3.63) is 69.8 Å². The maximum atomic E-state index is 13.9. The minimum absolute atomic E-state index is 0.00128. The molecule has 0 amide bonds. The van der Waals surface area contributed by atoms with Crippen molar-refractivity contribution in [3.8, 4) is 0 Å². The lowest BCUT2D eigenvalue weighted by molar-refractivity contribution is -0.143. The van der Waals surface area contributed by atoms with E-state index < -0.39 is 65.5 Å². The van der Waals surface area contributed by atoms with Crippen LogP contribution in [0.5, 0.6) is 0 Å². The first-order valence-electron chi connectivity index (χ1n) is 13.7. The fourth-order valence-electron chi connectivity index (χ4n) is 5.58. The second-order valence-electron chi connectivity index (χ2n) is 11.3. The first-order chi connectivity index (χ1) is 20.3. The first kappa shape index (κ1) is 33.5. The van der Waals surface area contributed by atoms with Crippen LogP contribution in [0, 0.1) is 0 Å². The van der Waals surface area contributed by atoms with Crippen LogP contribution in [-0.4, -0.2) is 48.9 Å². The topological polar surface area (TPSA) is 70.3 Å². The van der Waals surface area contributed by atoms with Crippen LogP contribution in [0.3, 0.4) is 0 Å². The van der Waals surface area contributed by atoms with Gasteiger partial charge in [0.05, 0.1) is 29.3 Å². The Labute approximate surface area is 247 Å². The number of tetrazole rings is 1. The molecular weight excluding hydrogens is 607 g/mol. The number of hydrogen-bond donors (Lipinski definition) is 1. The molecule has 242 valence electrons. The Morgan fingerprint density at radius 1 is 0.909 bits per heavy atom. The molecule has 0 spiro atoms. The molecule has 2 aromatic carbocycles. The molecule has 16 heteroatoms. The van der Waals surface area contributed by atoms with Gasteiger partial charge in [0.25, 0.3) is 5.95 Å². The number of β-amino-alcohol motifs (C(OH)–C–C–N with tert-alkyl or cyclic N) is 1. The summed E-state index contributed by atoms with van der Waals surface area (Å²) in [5, 5.41) is 22.3. The van der Waals surface area contributed by atoms with Crippen molar-refractivity contribution in [1.82, 2.24) is 25.1 Å². The van der Waals surface area contributed by atoms with Gasteiger partial charge in [-0.15, -0.1) is 5.10 Å². The Hall–Kier alpha value is -3.40. The lowest BCUT2D eigenvalue weighted by atomic mass is 9.89. The van der Waals surface area contributed by atoms with Gasteiger partial charge in [-0.25, -0.2) is 0 Å². The van der Waals surface area contributed by atoms with Crippen LogP contribution in [0.4, 0.5) is 45.5 Å². The van der Waals surface area contributed by atoms with Crippen LogP contribution >= 0.6 is 0 Å². The molecule has 44 heavy (non-hydrogen) atoms. The summed E-state index contributed by atoms with van der Waals surface area (Å²) in [6.07, 6.45) is -13.3. The van der Waals surface area contributed by atoms with E-state index in [4.69, 9.17) is 0 Å². The van der Waals surface area contributed by atoms with E-state index in [-0.39, 0.29) is 24.1 Å². The molecule has 2 heterocycles. The van der Waals surface area contributed by atoms with Gasteiger partial charge < -0.3 is 10.0 Å². The normalized spacial score (nSPS) is 19.3. The van der Waals surface area contributed by atoms with Crippen LogP contribution in [-0.2, 0) is 38.7 Å². The summed E-state index contributed by atoms with van der Waals surface area (Å²) in [6.45, 7) is 3.32. The Morgan fingerprint density at radius 2 is 1.52 bits per heavy atom. The van der Waals surface area contributed by atoms with E-state index in [0.29, 0.717) is 43.5 Å². The summed E-state index contributed by atoms with van der Waals surface area (Å²) >= 11 is 0. The largest absolute Gasteiger partial charge is 0.416 e. The van der Waals surface area contributed by atoms with E-state index in [1.54, 1.807) is 6.92 Å². The van der Waals surface area contributed by atoms with Crippen molar-refractivity contribution in [2.45, 2.75) is 76.4 Å². The quantitative estimate of drug-likeness (QED) is 0.275. The van der Waals surface area contributed by atoms with Crippen molar-refractivity contribution < 1.29 is 44.6 Å². The van der Waals surface area contributed by atoms with Gasteiger partial charge in [-0.2, -0.15) is 44.3 Å². The maximum absolute atomic E-state index is 13.9. The average Bonchev–Trinajstić information content (AvgIpc) is 3.33.